The third kappa shape index (κ3) is 4.88. The van der Waals surface area contributed by atoms with Crippen molar-refractivity contribution in [2.24, 2.45) is 0 Å². The number of thiophene rings is 1. The Morgan fingerprint density at radius 2 is 1.91 bits per heavy atom. The van der Waals surface area contributed by atoms with Crippen molar-refractivity contribution >= 4 is 28.9 Å². The predicted octanol–water partition coefficient (Wildman–Crippen LogP) is 5.03. The zero-order valence-corrected chi connectivity index (χ0v) is 18.9. The second-order valence-corrected chi connectivity index (χ2v) is 8.89. The number of hydrogen-bond donors (Lipinski definition) is 1. The van der Waals surface area contributed by atoms with Crippen LogP contribution < -0.4 is 10.1 Å². The molecule has 2 heterocycles. The van der Waals surface area contributed by atoms with Gasteiger partial charge in [-0.25, -0.2) is 0 Å². The summed E-state index contributed by atoms with van der Waals surface area (Å²) in [5.74, 6) is -0.221. The number of esters is 1. The van der Waals surface area contributed by atoms with E-state index in [4.69, 9.17) is 9.47 Å². The Morgan fingerprint density at radius 1 is 1.18 bits per heavy atom. The second kappa shape index (κ2) is 9.41. The van der Waals surface area contributed by atoms with Gasteiger partial charge in [0.25, 0.3) is 11.6 Å². The van der Waals surface area contributed by atoms with E-state index in [1.165, 1.54) is 29.5 Å². The van der Waals surface area contributed by atoms with Gasteiger partial charge in [0.2, 0.25) is 0 Å². The highest BCUT2D eigenvalue weighted by molar-refractivity contribution is 7.17. The van der Waals surface area contributed by atoms with Gasteiger partial charge in [-0.1, -0.05) is 30.3 Å². The molecule has 0 bridgehead atoms. The number of hydrogen-bond acceptors (Lipinski definition) is 7. The molecule has 3 aromatic rings. The van der Waals surface area contributed by atoms with Crippen molar-refractivity contribution in [2.75, 3.05) is 0 Å². The fraction of sp³-hybridized carbons (Fsp3) is 0.250. The molecule has 0 spiro atoms. The molecule has 0 saturated carbocycles. The van der Waals surface area contributed by atoms with Crippen LogP contribution in [-0.4, -0.2) is 22.9 Å². The van der Waals surface area contributed by atoms with E-state index in [2.05, 4.69) is 5.32 Å². The highest BCUT2D eigenvalue weighted by atomic mass is 32.1. The first kappa shape index (κ1) is 22.5. The SMILES string of the molecule is CC(C)OC(=O)CC(NC(=O)c1cc2c(s1)-c1ccccc1OC2)c1ccccc1[N+](=O)[O-]. The van der Waals surface area contributed by atoms with Crippen molar-refractivity contribution in [1.29, 1.82) is 0 Å². The predicted molar refractivity (Wildman–Crippen MR) is 123 cm³/mol. The van der Waals surface area contributed by atoms with Crippen LogP contribution in [0.5, 0.6) is 5.75 Å². The molecule has 1 amide bonds. The molecule has 33 heavy (non-hydrogen) atoms. The molecule has 2 aromatic carbocycles. The molecular formula is C24H22N2O6S. The van der Waals surface area contributed by atoms with Crippen LogP contribution in [0.25, 0.3) is 10.4 Å². The minimum Gasteiger partial charge on any atom is -0.488 e. The van der Waals surface area contributed by atoms with Gasteiger partial charge in [0.1, 0.15) is 12.4 Å². The van der Waals surface area contributed by atoms with Crippen molar-refractivity contribution in [3.8, 4) is 16.2 Å². The van der Waals surface area contributed by atoms with E-state index in [0.29, 0.717) is 11.5 Å². The number of nitrogens with one attached hydrogen (secondary N) is 1. The van der Waals surface area contributed by atoms with Gasteiger partial charge in [0.15, 0.2) is 0 Å². The number of ether oxygens (including phenoxy) is 2. The van der Waals surface area contributed by atoms with Crippen molar-refractivity contribution in [1.82, 2.24) is 5.32 Å². The zero-order valence-electron chi connectivity index (χ0n) is 18.1. The average Bonchev–Trinajstić information content (AvgIpc) is 3.23. The molecule has 0 radical (unpaired) electrons. The Kier molecular flexibility index (Phi) is 6.41. The molecule has 1 aromatic heterocycles. The van der Waals surface area contributed by atoms with Crippen LogP contribution in [0.15, 0.2) is 54.6 Å². The summed E-state index contributed by atoms with van der Waals surface area (Å²) in [4.78, 5) is 38.0. The lowest BCUT2D eigenvalue weighted by atomic mass is 10.0. The number of para-hydroxylation sites is 2. The highest BCUT2D eigenvalue weighted by Gasteiger charge is 2.29. The van der Waals surface area contributed by atoms with Gasteiger partial charge in [0, 0.05) is 22.1 Å². The maximum atomic E-state index is 13.2. The molecule has 1 aliphatic rings. The van der Waals surface area contributed by atoms with Gasteiger partial charge >= 0.3 is 5.97 Å². The summed E-state index contributed by atoms with van der Waals surface area (Å²) in [5, 5.41) is 14.4. The average molecular weight is 467 g/mol. The molecule has 1 aliphatic heterocycles. The van der Waals surface area contributed by atoms with Crippen LogP contribution in [0.2, 0.25) is 0 Å². The van der Waals surface area contributed by atoms with Gasteiger partial charge in [-0.05, 0) is 32.0 Å². The summed E-state index contributed by atoms with van der Waals surface area (Å²) < 4.78 is 11.0. The fourth-order valence-corrected chi connectivity index (χ4v) is 4.81. The Bertz CT molecular complexity index is 1220. The van der Waals surface area contributed by atoms with Gasteiger partial charge in [-0.2, -0.15) is 0 Å². The Morgan fingerprint density at radius 3 is 2.67 bits per heavy atom. The number of nitrogens with zero attached hydrogens (tertiary/aromatic N) is 1. The number of nitro benzene ring substituents is 1. The van der Waals surface area contributed by atoms with Crippen molar-refractivity contribution in [2.45, 2.75) is 39.0 Å². The quantitative estimate of drug-likeness (QED) is 0.297. The van der Waals surface area contributed by atoms with Crippen LogP contribution in [-0.2, 0) is 16.1 Å². The number of benzene rings is 2. The van der Waals surface area contributed by atoms with Crippen LogP contribution in [0.1, 0.15) is 47.1 Å². The van der Waals surface area contributed by atoms with Gasteiger partial charge in [-0.3, -0.25) is 19.7 Å². The lowest BCUT2D eigenvalue weighted by Gasteiger charge is -2.19. The standard InChI is InChI=1S/C24H22N2O6S/c1-14(2)32-22(27)12-18(16-7-3-5-9-19(16)26(29)30)25-24(28)21-11-15-13-31-20-10-6-4-8-17(20)23(15)33-21/h3-11,14,18H,12-13H2,1-2H3,(H,25,28). The maximum absolute atomic E-state index is 13.2. The first-order valence-electron chi connectivity index (χ1n) is 10.4. The smallest absolute Gasteiger partial charge is 0.308 e. The van der Waals surface area contributed by atoms with Crippen LogP contribution >= 0.6 is 11.3 Å². The number of amides is 1. The van der Waals surface area contributed by atoms with E-state index >= 15 is 0 Å². The topological polar surface area (TPSA) is 108 Å². The lowest BCUT2D eigenvalue weighted by molar-refractivity contribution is -0.385. The molecule has 1 atom stereocenters. The third-order valence-electron chi connectivity index (χ3n) is 5.10. The van der Waals surface area contributed by atoms with Crippen molar-refractivity contribution in [3.63, 3.8) is 0 Å². The van der Waals surface area contributed by atoms with E-state index in [1.807, 2.05) is 24.3 Å². The number of fused-ring (bicyclic) bond motifs is 3. The highest BCUT2D eigenvalue weighted by Crippen LogP contribution is 2.42. The lowest BCUT2D eigenvalue weighted by Crippen LogP contribution is -2.31. The third-order valence-corrected chi connectivity index (χ3v) is 6.31. The molecule has 8 nitrogen and oxygen atoms in total. The van der Waals surface area contributed by atoms with Gasteiger partial charge < -0.3 is 14.8 Å². The molecule has 170 valence electrons. The maximum Gasteiger partial charge on any atom is 0.308 e. The van der Waals surface area contributed by atoms with Gasteiger partial charge in [0.05, 0.1) is 33.9 Å². The molecule has 4 rings (SSSR count). The largest absolute Gasteiger partial charge is 0.488 e. The van der Waals surface area contributed by atoms with E-state index in [9.17, 15) is 19.7 Å². The normalized spacial score (nSPS) is 12.8. The summed E-state index contributed by atoms with van der Waals surface area (Å²) >= 11 is 1.32. The molecule has 9 heteroatoms. The first-order chi connectivity index (χ1) is 15.8. The van der Waals surface area contributed by atoms with Crippen molar-refractivity contribution < 1.29 is 24.0 Å². The van der Waals surface area contributed by atoms with Crippen molar-refractivity contribution in [3.05, 3.63) is 80.7 Å². The Balaban J connectivity index is 1.63. The van der Waals surface area contributed by atoms with E-state index in [1.54, 1.807) is 26.0 Å². The van der Waals surface area contributed by atoms with Crippen LogP contribution in [0.3, 0.4) is 0 Å². The molecule has 0 saturated heterocycles. The number of rotatable bonds is 7. The minimum atomic E-state index is -0.923. The van der Waals surface area contributed by atoms with Gasteiger partial charge in [-0.15, -0.1) is 11.3 Å². The number of carbonyl (C=O) groups is 2. The van der Waals surface area contributed by atoms with E-state index < -0.39 is 22.8 Å². The Labute approximate surface area is 194 Å². The monoisotopic (exact) mass is 466 g/mol. The molecule has 0 aliphatic carbocycles. The summed E-state index contributed by atoms with van der Waals surface area (Å²) in [6, 6.07) is 14.5. The van der Waals surface area contributed by atoms with E-state index in [-0.39, 0.29) is 23.8 Å². The van der Waals surface area contributed by atoms with Crippen LogP contribution in [0.4, 0.5) is 5.69 Å². The number of carbonyl (C=O) groups excluding carboxylic acids is 2. The number of nitro groups is 1. The minimum absolute atomic E-state index is 0.173. The molecule has 1 N–H and O–H groups in total. The second-order valence-electron chi connectivity index (χ2n) is 7.83. The molecular weight excluding hydrogens is 444 g/mol. The summed E-state index contributed by atoms with van der Waals surface area (Å²) in [5.41, 5.74) is 1.88. The fourth-order valence-electron chi connectivity index (χ4n) is 3.71. The Hall–Kier alpha value is -3.72. The zero-order chi connectivity index (χ0) is 23.5. The molecule has 1 unspecified atom stereocenters. The summed E-state index contributed by atoms with van der Waals surface area (Å²) in [6.07, 6.45) is -0.574. The summed E-state index contributed by atoms with van der Waals surface area (Å²) in [6.45, 7) is 3.78. The summed E-state index contributed by atoms with van der Waals surface area (Å²) in [7, 11) is 0. The van der Waals surface area contributed by atoms with Crippen LogP contribution in [0, 0.1) is 10.1 Å². The van der Waals surface area contributed by atoms with E-state index in [0.717, 1.165) is 21.8 Å². The molecule has 0 fully saturated rings. The first-order valence-corrected chi connectivity index (χ1v) is 11.2.